The van der Waals surface area contributed by atoms with Gasteiger partial charge in [-0.15, -0.1) is 0 Å². The Morgan fingerprint density at radius 3 is 2.72 bits per heavy atom. The van der Waals surface area contributed by atoms with Crippen LogP contribution in [0, 0.1) is 12.7 Å². The summed E-state index contributed by atoms with van der Waals surface area (Å²) in [5.74, 6) is 1.04. The van der Waals surface area contributed by atoms with Crippen LogP contribution in [0.25, 0.3) is 0 Å². The third kappa shape index (κ3) is 2.96. The van der Waals surface area contributed by atoms with E-state index in [0.717, 1.165) is 44.8 Å². The number of halogens is 1. The molecule has 0 bridgehead atoms. The Morgan fingerprint density at radius 2 is 2.06 bits per heavy atom. The van der Waals surface area contributed by atoms with Crippen molar-refractivity contribution in [2.45, 2.75) is 39.0 Å². The summed E-state index contributed by atoms with van der Waals surface area (Å²) in [5, 5.41) is 3.03. The molecule has 2 heterocycles. The maximum atomic E-state index is 13.9. The molecule has 100 valence electrons. The number of hydrogen-bond donors (Lipinski definition) is 1. The molecular formula is C13H20FN3O. The lowest BCUT2D eigenvalue weighted by atomic mass is 9.99. The van der Waals surface area contributed by atoms with Crippen LogP contribution in [0.3, 0.4) is 0 Å². The number of ether oxygens (including phenoxy) is 1. The average molecular weight is 253 g/mol. The van der Waals surface area contributed by atoms with Crippen molar-refractivity contribution < 1.29 is 9.13 Å². The Morgan fingerprint density at radius 1 is 1.33 bits per heavy atom. The van der Waals surface area contributed by atoms with Gasteiger partial charge in [-0.05, 0) is 26.2 Å². The lowest BCUT2D eigenvalue weighted by molar-refractivity contribution is 0.0835. The molecular weight excluding hydrogens is 233 g/mol. The molecule has 2 rings (SSSR count). The number of aryl methyl sites for hydroxylation is 1. The fourth-order valence-corrected chi connectivity index (χ4v) is 2.08. The van der Waals surface area contributed by atoms with Crippen molar-refractivity contribution in [2.75, 3.05) is 25.1 Å². The van der Waals surface area contributed by atoms with E-state index in [0.29, 0.717) is 17.4 Å². The molecule has 4 nitrogen and oxygen atoms in total. The smallest absolute Gasteiger partial charge is 0.186 e. The number of rotatable bonds is 4. The minimum absolute atomic E-state index is 0.292. The molecule has 0 aromatic carbocycles. The van der Waals surface area contributed by atoms with Crippen LogP contribution < -0.4 is 5.32 Å². The average Bonchev–Trinajstić information content (AvgIpc) is 2.41. The van der Waals surface area contributed by atoms with E-state index in [1.807, 2.05) is 6.92 Å². The summed E-state index contributed by atoms with van der Waals surface area (Å²) in [6.07, 6.45) is 2.77. The molecule has 0 unspecified atom stereocenters. The normalized spacial score (nSPS) is 16.8. The first-order valence-corrected chi connectivity index (χ1v) is 6.58. The van der Waals surface area contributed by atoms with Gasteiger partial charge in [0.2, 0.25) is 0 Å². The first-order valence-electron chi connectivity index (χ1n) is 6.58. The summed E-state index contributed by atoms with van der Waals surface area (Å²) in [5.41, 5.74) is 0.421. The molecule has 1 N–H and O–H groups in total. The molecule has 18 heavy (non-hydrogen) atoms. The SMILES string of the molecule is CCCNc1nc(C2CCOCC2)nc(C)c1F. The molecule has 5 heteroatoms. The van der Waals surface area contributed by atoms with E-state index in [-0.39, 0.29) is 5.82 Å². The molecule has 0 saturated carbocycles. The van der Waals surface area contributed by atoms with E-state index in [9.17, 15) is 4.39 Å². The molecule has 0 atom stereocenters. The van der Waals surface area contributed by atoms with Crippen molar-refractivity contribution in [3.8, 4) is 0 Å². The van der Waals surface area contributed by atoms with Crippen molar-refractivity contribution in [1.29, 1.82) is 0 Å². The predicted molar refractivity (Wildman–Crippen MR) is 68.3 cm³/mol. The summed E-state index contributed by atoms with van der Waals surface area (Å²) in [4.78, 5) is 8.62. The molecule has 1 saturated heterocycles. The predicted octanol–water partition coefficient (Wildman–Crippen LogP) is 2.64. The van der Waals surface area contributed by atoms with Gasteiger partial charge in [-0.1, -0.05) is 6.92 Å². The fraction of sp³-hybridized carbons (Fsp3) is 0.692. The maximum absolute atomic E-state index is 13.9. The Labute approximate surface area is 107 Å². The van der Waals surface area contributed by atoms with Crippen molar-refractivity contribution >= 4 is 5.82 Å². The van der Waals surface area contributed by atoms with Crippen LogP contribution in [0.2, 0.25) is 0 Å². The summed E-state index contributed by atoms with van der Waals surface area (Å²) < 4.78 is 19.2. The zero-order valence-corrected chi connectivity index (χ0v) is 11.0. The molecule has 1 fully saturated rings. The Kier molecular flexibility index (Phi) is 4.47. The number of nitrogens with one attached hydrogen (secondary N) is 1. The van der Waals surface area contributed by atoms with Crippen molar-refractivity contribution in [3.05, 3.63) is 17.3 Å². The van der Waals surface area contributed by atoms with Crippen molar-refractivity contribution in [3.63, 3.8) is 0 Å². The quantitative estimate of drug-likeness (QED) is 0.896. The Bertz CT molecular complexity index is 405. The minimum Gasteiger partial charge on any atom is -0.381 e. The number of anilines is 1. The molecule has 1 aliphatic heterocycles. The van der Waals surface area contributed by atoms with Gasteiger partial charge in [0.05, 0.1) is 5.69 Å². The first-order chi connectivity index (χ1) is 8.72. The minimum atomic E-state index is -0.334. The molecule has 0 radical (unpaired) electrons. The van der Waals surface area contributed by atoms with Gasteiger partial charge < -0.3 is 10.1 Å². The van der Waals surface area contributed by atoms with Crippen LogP contribution in [0.4, 0.5) is 10.2 Å². The van der Waals surface area contributed by atoms with E-state index < -0.39 is 0 Å². The standard InChI is InChI=1S/C13H20FN3O/c1-3-6-15-13-11(14)9(2)16-12(17-13)10-4-7-18-8-5-10/h10H,3-8H2,1-2H3,(H,15,16,17). The lowest BCUT2D eigenvalue weighted by Crippen LogP contribution is -2.18. The first kappa shape index (κ1) is 13.2. The fourth-order valence-electron chi connectivity index (χ4n) is 2.08. The topological polar surface area (TPSA) is 47.0 Å². The number of hydrogen-bond acceptors (Lipinski definition) is 4. The summed E-state index contributed by atoms with van der Waals surface area (Å²) in [7, 11) is 0. The Hall–Kier alpha value is -1.23. The van der Waals surface area contributed by atoms with Gasteiger partial charge in [0.25, 0.3) is 0 Å². The van der Waals surface area contributed by atoms with Gasteiger partial charge >= 0.3 is 0 Å². The van der Waals surface area contributed by atoms with Gasteiger partial charge in [-0.3, -0.25) is 0 Å². The van der Waals surface area contributed by atoms with Crippen LogP contribution in [-0.4, -0.2) is 29.7 Å². The van der Waals surface area contributed by atoms with E-state index >= 15 is 0 Å². The van der Waals surface area contributed by atoms with Crippen LogP contribution >= 0.6 is 0 Å². The van der Waals surface area contributed by atoms with Crippen molar-refractivity contribution in [1.82, 2.24) is 9.97 Å². The zero-order valence-electron chi connectivity index (χ0n) is 11.0. The largest absolute Gasteiger partial charge is 0.381 e. The van der Waals surface area contributed by atoms with Gasteiger partial charge in [0.1, 0.15) is 5.82 Å². The molecule has 0 aliphatic carbocycles. The van der Waals surface area contributed by atoms with Gasteiger partial charge in [0, 0.05) is 25.7 Å². The lowest BCUT2D eigenvalue weighted by Gasteiger charge is -2.21. The highest BCUT2D eigenvalue weighted by molar-refractivity contribution is 5.38. The van der Waals surface area contributed by atoms with Gasteiger partial charge in [-0.2, -0.15) is 0 Å². The third-order valence-corrected chi connectivity index (χ3v) is 3.16. The number of nitrogens with zero attached hydrogens (tertiary/aromatic N) is 2. The van der Waals surface area contributed by atoms with E-state index in [4.69, 9.17) is 4.74 Å². The summed E-state index contributed by atoms with van der Waals surface area (Å²) in [6.45, 7) is 5.93. The molecule has 1 aliphatic rings. The second kappa shape index (κ2) is 6.09. The van der Waals surface area contributed by atoms with Gasteiger partial charge in [0.15, 0.2) is 11.6 Å². The van der Waals surface area contributed by atoms with E-state index in [1.54, 1.807) is 6.92 Å². The zero-order chi connectivity index (χ0) is 13.0. The Balaban J connectivity index is 2.22. The number of aromatic nitrogens is 2. The van der Waals surface area contributed by atoms with Gasteiger partial charge in [-0.25, -0.2) is 14.4 Å². The maximum Gasteiger partial charge on any atom is 0.186 e. The molecule has 0 amide bonds. The third-order valence-electron chi connectivity index (χ3n) is 3.16. The van der Waals surface area contributed by atoms with E-state index in [2.05, 4.69) is 15.3 Å². The second-order valence-electron chi connectivity index (χ2n) is 4.64. The van der Waals surface area contributed by atoms with Crippen molar-refractivity contribution in [2.24, 2.45) is 0 Å². The van der Waals surface area contributed by atoms with Crippen LogP contribution in [0.1, 0.15) is 43.6 Å². The van der Waals surface area contributed by atoms with E-state index in [1.165, 1.54) is 0 Å². The highest BCUT2D eigenvalue weighted by atomic mass is 19.1. The second-order valence-corrected chi connectivity index (χ2v) is 4.64. The highest BCUT2D eigenvalue weighted by Crippen LogP contribution is 2.26. The van der Waals surface area contributed by atoms with Crippen LogP contribution in [0.5, 0.6) is 0 Å². The molecule has 0 spiro atoms. The summed E-state index contributed by atoms with van der Waals surface area (Å²) in [6, 6.07) is 0. The molecule has 1 aromatic heterocycles. The van der Waals surface area contributed by atoms with Crippen LogP contribution in [-0.2, 0) is 4.74 Å². The molecule has 1 aromatic rings. The highest BCUT2D eigenvalue weighted by Gasteiger charge is 2.21. The monoisotopic (exact) mass is 253 g/mol. The summed E-state index contributed by atoms with van der Waals surface area (Å²) >= 11 is 0. The van der Waals surface area contributed by atoms with Crippen LogP contribution in [0.15, 0.2) is 0 Å².